The Kier molecular flexibility index (Phi) is 6.92. The van der Waals surface area contributed by atoms with Crippen molar-refractivity contribution in [2.75, 3.05) is 6.61 Å². The average Bonchev–Trinajstić information content (AvgIpc) is 2.69. The molecular weight excluding hydrogens is 336 g/mol. The summed E-state index contributed by atoms with van der Waals surface area (Å²) in [5, 5.41) is 0. The molecule has 2 aromatic rings. The molecule has 0 aliphatic heterocycles. The van der Waals surface area contributed by atoms with Gasteiger partial charge in [0.25, 0.3) is 0 Å². The van der Waals surface area contributed by atoms with E-state index in [4.69, 9.17) is 9.47 Å². The molecule has 0 amide bonds. The van der Waals surface area contributed by atoms with E-state index in [1.165, 1.54) is 43.2 Å². The Morgan fingerprint density at radius 2 is 1.78 bits per heavy atom. The average molecular weight is 367 g/mol. The first-order valence-electron chi connectivity index (χ1n) is 10.3. The van der Waals surface area contributed by atoms with E-state index in [0.717, 1.165) is 24.5 Å². The molecule has 0 bridgehead atoms. The number of fused-ring (bicyclic) bond motifs is 1. The number of carbonyl (C=O) groups excluding carboxylic acids is 1. The van der Waals surface area contributed by atoms with E-state index in [1.54, 1.807) is 12.1 Å². The van der Waals surface area contributed by atoms with Crippen LogP contribution in [0.3, 0.4) is 0 Å². The van der Waals surface area contributed by atoms with E-state index in [2.05, 4.69) is 13.0 Å². The van der Waals surface area contributed by atoms with Crippen LogP contribution in [0.1, 0.15) is 67.4 Å². The van der Waals surface area contributed by atoms with E-state index in [-0.39, 0.29) is 5.97 Å². The van der Waals surface area contributed by atoms with Crippen LogP contribution in [0.2, 0.25) is 0 Å². The maximum absolute atomic E-state index is 12.5. The van der Waals surface area contributed by atoms with Gasteiger partial charge in [0.05, 0.1) is 12.2 Å². The van der Waals surface area contributed by atoms with Gasteiger partial charge < -0.3 is 9.47 Å². The molecule has 0 aromatic heterocycles. The molecule has 0 saturated heterocycles. The molecule has 1 aliphatic rings. The standard InChI is InChI=1S/C24H30O3/c1-3-5-6-7-18-8-9-20-17-21(11-10-19(20)16-18)24(25)27-23-14-12-22(13-15-23)26-4-2/h10-15,17-18H,3-9,16H2,1-2H3. The summed E-state index contributed by atoms with van der Waals surface area (Å²) >= 11 is 0. The first-order chi connectivity index (χ1) is 13.2. The lowest BCUT2D eigenvalue weighted by molar-refractivity contribution is 0.0734. The van der Waals surface area contributed by atoms with Crippen LogP contribution in [0.15, 0.2) is 42.5 Å². The van der Waals surface area contributed by atoms with Crippen LogP contribution in [-0.4, -0.2) is 12.6 Å². The van der Waals surface area contributed by atoms with Gasteiger partial charge in [-0.2, -0.15) is 0 Å². The lowest BCUT2D eigenvalue weighted by Crippen LogP contribution is -2.16. The highest BCUT2D eigenvalue weighted by molar-refractivity contribution is 5.91. The molecule has 3 nitrogen and oxygen atoms in total. The zero-order valence-corrected chi connectivity index (χ0v) is 16.5. The van der Waals surface area contributed by atoms with Crippen LogP contribution in [0.25, 0.3) is 0 Å². The van der Waals surface area contributed by atoms with Crippen molar-refractivity contribution in [1.82, 2.24) is 0 Å². The third-order valence-corrected chi connectivity index (χ3v) is 5.33. The second kappa shape index (κ2) is 9.59. The number of hydrogen-bond donors (Lipinski definition) is 0. The Morgan fingerprint density at radius 3 is 2.52 bits per heavy atom. The smallest absolute Gasteiger partial charge is 0.343 e. The minimum absolute atomic E-state index is 0.299. The zero-order chi connectivity index (χ0) is 19.1. The monoisotopic (exact) mass is 366 g/mol. The lowest BCUT2D eigenvalue weighted by Gasteiger charge is -2.25. The molecule has 27 heavy (non-hydrogen) atoms. The normalized spacial score (nSPS) is 15.9. The highest BCUT2D eigenvalue weighted by atomic mass is 16.5. The van der Waals surface area contributed by atoms with Gasteiger partial charge in [-0.15, -0.1) is 0 Å². The van der Waals surface area contributed by atoms with E-state index >= 15 is 0 Å². The zero-order valence-electron chi connectivity index (χ0n) is 16.5. The summed E-state index contributed by atoms with van der Waals surface area (Å²) in [5.74, 6) is 1.81. The highest BCUT2D eigenvalue weighted by Gasteiger charge is 2.20. The van der Waals surface area contributed by atoms with E-state index in [0.29, 0.717) is 17.9 Å². The Hall–Kier alpha value is -2.29. The van der Waals surface area contributed by atoms with Gasteiger partial charge in [0.1, 0.15) is 11.5 Å². The third-order valence-electron chi connectivity index (χ3n) is 5.33. The van der Waals surface area contributed by atoms with Crippen LogP contribution in [0.5, 0.6) is 11.5 Å². The molecule has 2 aromatic carbocycles. The Labute approximate surface area is 162 Å². The number of ether oxygens (including phenoxy) is 2. The van der Waals surface area contributed by atoms with Crippen molar-refractivity contribution in [3.63, 3.8) is 0 Å². The molecule has 0 N–H and O–H groups in total. The van der Waals surface area contributed by atoms with Crippen molar-refractivity contribution in [2.45, 2.75) is 58.8 Å². The van der Waals surface area contributed by atoms with Crippen molar-refractivity contribution in [3.05, 3.63) is 59.2 Å². The van der Waals surface area contributed by atoms with Gasteiger partial charge >= 0.3 is 5.97 Å². The van der Waals surface area contributed by atoms with Crippen molar-refractivity contribution in [3.8, 4) is 11.5 Å². The Balaban J connectivity index is 1.60. The number of rotatable bonds is 8. The number of benzene rings is 2. The van der Waals surface area contributed by atoms with Crippen molar-refractivity contribution >= 4 is 5.97 Å². The van der Waals surface area contributed by atoms with Crippen molar-refractivity contribution in [1.29, 1.82) is 0 Å². The van der Waals surface area contributed by atoms with Gasteiger partial charge in [-0.1, -0.05) is 38.7 Å². The third kappa shape index (κ3) is 5.35. The molecular formula is C24H30O3. The number of unbranched alkanes of at least 4 members (excludes halogenated alkanes) is 2. The summed E-state index contributed by atoms with van der Waals surface area (Å²) < 4.78 is 10.9. The lowest BCUT2D eigenvalue weighted by atomic mass is 9.81. The Bertz CT molecular complexity index is 749. The summed E-state index contributed by atoms with van der Waals surface area (Å²) in [6, 6.07) is 13.2. The van der Waals surface area contributed by atoms with Crippen LogP contribution in [-0.2, 0) is 12.8 Å². The van der Waals surface area contributed by atoms with Crippen molar-refractivity contribution < 1.29 is 14.3 Å². The molecule has 0 saturated carbocycles. The van der Waals surface area contributed by atoms with Gasteiger partial charge in [-0.05, 0) is 79.6 Å². The first-order valence-corrected chi connectivity index (χ1v) is 10.3. The molecule has 0 heterocycles. The van der Waals surface area contributed by atoms with Gasteiger partial charge in [0.2, 0.25) is 0 Å². The van der Waals surface area contributed by atoms with Gasteiger partial charge in [-0.3, -0.25) is 0 Å². The number of aryl methyl sites for hydroxylation is 1. The summed E-state index contributed by atoms with van der Waals surface area (Å²) in [7, 11) is 0. The summed E-state index contributed by atoms with van der Waals surface area (Å²) in [5.41, 5.74) is 3.34. The predicted molar refractivity (Wildman–Crippen MR) is 109 cm³/mol. The number of carbonyl (C=O) groups is 1. The quantitative estimate of drug-likeness (QED) is 0.327. The van der Waals surface area contributed by atoms with E-state index in [1.807, 2.05) is 31.2 Å². The largest absolute Gasteiger partial charge is 0.494 e. The van der Waals surface area contributed by atoms with Gasteiger partial charge in [0, 0.05) is 0 Å². The topological polar surface area (TPSA) is 35.5 Å². The molecule has 0 spiro atoms. The fraction of sp³-hybridized carbons (Fsp3) is 0.458. The Morgan fingerprint density at radius 1 is 1.00 bits per heavy atom. The SMILES string of the molecule is CCCCCC1CCc2cc(C(=O)Oc3ccc(OCC)cc3)ccc2C1. The minimum atomic E-state index is -0.299. The highest BCUT2D eigenvalue weighted by Crippen LogP contribution is 2.30. The van der Waals surface area contributed by atoms with E-state index < -0.39 is 0 Å². The molecule has 144 valence electrons. The fourth-order valence-corrected chi connectivity index (χ4v) is 3.82. The molecule has 0 fully saturated rings. The second-order valence-corrected chi connectivity index (χ2v) is 7.38. The second-order valence-electron chi connectivity index (χ2n) is 7.38. The molecule has 0 radical (unpaired) electrons. The van der Waals surface area contributed by atoms with Crippen LogP contribution < -0.4 is 9.47 Å². The fourth-order valence-electron chi connectivity index (χ4n) is 3.82. The molecule has 3 rings (SSSR count). The molecule has 1 aliphatic carbocycles. The van der Waals surface area contributed by atoms with Crippen molar-refractivity contribution in [2.24, 2.45) is 5.92 Å². The van der Waals surface area contributed by atoms with Crippen LogP contribution in [0.4, 0.5) is 0 Å². The number of esters is 1. The molecule has 1 unspecified atom stereocenters. The maximum Gasteiger partial charge on any atom is 0.343 e. The summed E-state index contributed by atoms with van der Waals surface area (Å²) in [6.45, 7) is 4.81. The van der Waals surface area contributed by atoms with Gasteiger partial charge in [-0.25, -0.2) is 4.79 Å². The molecule has 1 atom stereocenters. The van der Waals surface area contributed by atoms with E-state index in [9.17, 15) is 4.79 Å². The predicted octanol–water partition coefficient (Wildman–Crippen LogP) is 5.99. The number of hydrogen-bond acceptors (Lipinski definition) is 3. The van der Waals surface area contributed by atoms with Gasteiger partial charge in [0.15, 0.2) is 0 Å². The maximum atomic E-state index is 12.5. The van der Waals surface area contributed by atoms with Crippen LogP contribution >= 0.6 is 0 Å². The first kappa shape index (κ1) is 19.5. The van der Waals surface area contributed by atoms with Crippen LogP contribution in [0, 0.1) is 5.92 Å². The summed E-state index contributed by atoms with van der Waals surface area (Å²) in [4.78, 5) is 12.5. The summed E-state index contributed by atoms with van der Waals surface area (Å²) in [6.07, 6.45) is 8.72. The molecule has 3 heteroatoms. The minimum Gasteiger partial charge on any atom is -0.494 e.